The van der Waals surface area contributed by atoms with Crippen molar-refractivity contribution < 1.29 is 17.7 Å². The van der Waals surface area contributed by atoms with Crippen LogP contribution in [0.2, 0.25) is 0 Å². The maximum atomic E-state index is 12.8. The lowest BCUT2D eigenvalue weighted by Crippen LogP contribution is -2.43. The molecule has 0 unspecified atom stereocenters. The first kappa shape index (κ1) is 25.6. The summed E-state index contributed by atoms with van der Waals surface area (Å²) >= 11 is 0. The molecular weight excluding hydrogens is 488 g/mol. The number of rotatable bonds is 7. The van der Waals surface area contributed by atoms with Gasteiger partial charge in [-0.2, -0.15) is 0 Å². The number of anilines is 2. The molecular formula is C25H33ClN4O4S. The van der Waals surface area contributed by atoms with Gasteiger partial charge in [-0.3, -0.25) is 4.72 Å². The van der Waals surface area contributed by atoms with Crippen molar-refractivity contribution in [3.05, 3.63) is 36.4 Å². The SMILES string of the molecule is COc1cc(-c2cccc(N3CCNCC3)c2)cc2onc(NS(=O)(=O)CC3CCCCC3)c12.Cl. The predicted octanol–water partition coefficient (Wildman–Crippen LogP) is 4.66. The molecule has 0 amide bonds. The number of methoxy groups -OCH3 is 1. The Morgan fingerprint density at radius 1 is 1.11 bits per heavy atom. The minimum Gasteiger partial charge on any atom is -0.496 e. The molecule has 1 saturated heterocycles. The van der Waals surface area contributed by atoms with E-state index < -0.39 is 10.0 Å². The average Bonchev–Trinajstić information content (AvgIpc) is 3.26. The fourth-order valence-corrected chi connectivity index (χ4v) is 6.56. The first-order chi connectivity index (χ1) is 16.5. The van der Waals surface area contributed by atoms with Crippen molar-refractivity contribution in [1.29, 1.82) is 0 Å². The number of sulfonamides is 1. The van der Waals surface area contributed by atoms with Gasteiger partial charge in [0.15, 0.2) is 11.4 Å². The number of aromatic nitrogens is 1. The van der Waals surface area contributed by atoms with Gasteiger partial charge in [0.1, 0.15) is 11.1 Å². The molecule has 8 nitrogen and oxygen atoms in total. The van der Waals surface area contributed by atoms with Crippen molar-refractivity contribution in [2.75, 3.05) is 48.7 Å². The smallest absolute Gasteiger partial charge is 0.234 e. The summed E-state index contributed by atoms with van der Waals surface area (Å²) in [5.41, 5.74) is 3.62. The second-order valence-electron chi connectivity index (χ2n) is 9.26. The van der Waals surface area contributed by atoms with Gasteiger partial charge in [-0.25, -0.2) is 8.42 Å². The lowest BCUT2D eigenvalue weighted by atomic mass is 9.91. The standard InChI is InChI=1S/C25H32N4O4S.ClH/c1-32-22-15-20(19-8-5-9-21(14-19)29-12-10-26-11-13-29)16-23-24(22)25(27-33-23)28-34(30,31)17-18-6-3-2-4-7-18;/h5,8-9,14-16,18,26H,2-4,6-7,10-13,17H2,1H3,(H,27,28);1H. The summed E-state index contributed by atoms with van der Waals surface area (Å²) in [4.78, 5) is 2.36. The summed E-state index contributed by atoms with van der Waals surface area (Å²) in [5.74, 6) is 1.02. The highest BCUT2D eigenvalue weighted by molar-refractivity contribution is 7.92. The number of ether oxygens (including phenoxy) is 1. The van der Waals surface area contributed by atoms with Crippen molar-refractivity contribution in [3.63, 3.8) is 0 Å². The molecule has 2 N–H and O–H groups in total. The van der Waals surface area contributed by atoms with Crippen LogP contribution in [0, 0.1) is 5.92 Å². The number of hydrogen-bond acceptors (Lipinski definition) is 7. The highest BCUT2D eigenvalue weighted by atomic mass is 35.5. The van der Waals surface area contributed by atoms with Crippen LogP contribution in [-0.4, -0.2) is 52.6 Å². The Bertz CT molecular complexity index is 1250. The molecule has 5 rings (SSSR count). The fourth-order valence-electron chi connectivity index (χ4n) is 5.09. The number of benzene rings is 2. The Morgan fingerprint density at radius 2 is 1.89 bits per heavy atom. The summed E-state index contributed by atoms with van der Waals surface area (Å²) in [6.45, 7) is 3.89. The Kier molecular flexibility index (Phi) is 8.09. The number of hydrogen-bond donors (Lipinski definition) is 2. The molecule has 35 heavy (non-hydrogen) atoms. The average molecular weight is 521 g/mol. The summed E-state index contributed by atoms with van der Waals surface area (Å²) < 4.78 is 39.5. The minimum absolute atomic E-state index is 0. The van der Waals surface area contributed by atoms with Gasteiger partial charge in [0.05, 0.1) is 12.9 Å². The van der Waals surface area contributed by atoms with Gasteiger partial charge in [0, 0.05) is 31.9 Å². The maximum absolute atomic E-state index is 12.8. The predicted molar refractivity (Wildman–Crippen MR) is 142 cm³/mol. The van der Waals surface area contributed by atoms with Crippen molar-refractivity contribution in [1.82, 2.24) is 10.5 Å². The topological polar surface area (TPSA) is 96.7 Å². The maximum Gasteiger partial charge on any atom is 0.234 e. The van der Waals surface area contributed by atoms with E-state index in [0.29, 0.717) is 16.7 Å². The Balaban J connectivity index is 0.00000289. The summed E-state index contributed by atoms with van der Waals surface area (Å²) in [7, 11) is -1.97. The van der Waals surface area contributed by atoms with E-state index in [4.69, 9.17) is 9.26 Å². The molecule has 1 aliphatic carbocycles. The van der Waals surface area contributed by atoms with Gasteiger partial charge in [-0.05, 0) is 54.2 Å². The zero-order valence-corrected chi connectivity index (χ0v) is 21.6. The molecule has 10 heteroatoms. The van der Waals surface area contributed by atoms with E-state index in [1.54, 1.807) is 7.11 Å². The molecule has 2 aromatic carbocycles. The fraction of sp³-hybridized carbons (Fsp3) is 0.480. The van der Waals surface area contributed by atoms with Crippen LogP contribution in [0.5, 0.6) is 5.75 Å². The van der Waals surface area contributed by atoms with E-state index in [2.05, 4.69) is 44.4 Å². The minimum atomic E-state index is -3.54. The summed E-state index contributed by atoms with van der Waals surface area (Å²) in [5, 5.41) is 7.97. The van der Waals surface area contributed by atoms with Crippen molar-refractivity contribution in [2.24, 2.45) is 5.92 Å². The Labute approximate surface area is 212 Å². The van der Waals surface area contributed by atoms with Gasteiger partial charge in [-0.15, -0.1) is 12.4 Å². The third-order valence-corrected chi connectivity index (χ3v) is 8.27. The molecule has 190 valence electrons. The molecule has 0 atom stereocenters. The lowest BCUT2D eigenvalue weighted by Gasteiger charge is -2.29. The number of fused-ring (bicyclic) bond motifs is 1. The van der Waals surface area contributed by atoms with E-state index >= 15 is 0 Å². The van der Waals surface area contributed by atoms with Crippen LogP contribution in [0.3, 0.4) is 0 Å². The van der Waals surface area contributed by atoms with Crippen LogP contribution in [0.1, 0.15) is 32.1 Å². The zero-order valence-electron chi connectivity index (χ0n) is 20.0. The highest BCUT2D eigenvalue weighted by Crippen LogP contribution is 2.38. The second-order valence-corrected chi connectivity index (χ2v) is 11.0. The van der Waals surface area contributed by atoms with Crippen LogP contribution in [0.4, 0.5) is 11.5 Å². The number of nitrogens with zero attached hydrogens (tertiary/aromatic N) is 2. The van der Waals surface area contributed by atoms with Crippen molar-refractivity contribution in [2.45, 2.75) is 32.1 Å². The molecule has 2 fully saturated rings. The molecule has 0 spiro atoms. The lowest BCUT2D eigenvalue weighted by molar-refractivity contribution is 0.385. The van der Waals surface area contributed by atoms with Crippen molar-refractivity contribution >= 4 is 44.9 Å². The van der Waals surface area contributed by atoms with E-state index in [1.165, 1.54) is 12.1 Å². The molecule has 1 saturated carbocycles. The van der Waals surface area contributed by atoms with Crippen LogP contribution >= 0.6 is 12.4 Å². The number of halogens is 1. The normalized spacial score (nSPS) is 17.2. The van der Waals surface area contributed by atoms with Crippen LogP contribution < -0.4 is 19.7 Å². The quantitative estimate of drug-likeness (QED) is 0.467. The van der Waals surface area contributed by atoms with Gasteiger partial charge in [-0.1, -0.05) is 36.6 Å². The second kappa shape index (κ2) is 11.1. The van der Waals surface area contributed by atoms with E-state index in [1.807, 2.05) is 12.1 Å². The van der Waals surface area contributed by atoms with E-state index in [9.17, 15) is 8.42 Å². The van der Waals surface area contributed by atoms with E-state index in [-0.39, 0.29) is 29.9 Å². The zero-order chi connectivity index (χ0) is 23.5. The number of nitrogens with one attached hydrogen (secondary N) is 2. The first-order valence-electron chi connectivity index (χ1n) is 12.1. The van der Waals surface area contributed by atoms with Gasteiger partial charge < -0.3 is 19.5 Å². The van der Waals surface area contributed by atoms with Gasteiger partial charge in [0.2, 0.25) is 10.0 Å². The molecule has 0 bridgehead atoms. The van der Waals surface area contributed by atoms with Crippen molar-refractivity contribution in [3.8, 4) is 16.9 Å². The first-order valence-corrected chi connectivity index (χ1v) is 13.7. The van der Waals surface area contributed by atoms with Crippen LogP contribution in [0.25, 0.3) is 22.1 Å². The van der Waals surface area contributed by atoms with Crippen LogP contribution in [0.15, 0.2) is 40.9 Å². The Morgan fingerprint density at radius 3 is 2.63 bits per heavy atom. The van der Waals surface area contributed by atoms with Crippen LogP contribution in [-0.2, 0) is 10.0 Å². The van der Waals surface area contributed by atoms with E-state index in [0.717, 1.165) is 63.0 Å². The summed E-state index contributed by atoms with van der Waals surface area (Å²) in [6.07, 6.45) is 5.30. The molecule has 1 aliphatic heterocycles. The monoisotopic (exact) mass is 520 g/mol. The highest BCUT2D eigenvalue weighted by Gasteiger charge is 2.25. The molecule has 1 aromatic heterocycles. The number of piperazine rings is 1. The van der Waals surface area contributed by atoms with Gasteiger partial charge in [0.25, 0.3) is 0 Å². The third kappa shape index (κ3) is 5.85. The summed E-state index contributed by atoms with van der Waals surface area (Å²) in [6, 6.07) is 12.2. The molecule has 0 radical (unpaired) electrons. The molecule has 3 aromatic rings. The largest absolute Gasteiger partial charge is 0.496 e. The third-order valence-electron chi connectivity index (χ3n) is 6.85. The molecule has 2 heterocycles. The Hall–Kier alpha value is -2.49. The molecule has 2 aliphatic rings. The van der Waals surface area contributed by atoms with Gasteiger partial charge >= 0.3 is 0 Å².